The van der Waals surface area contributed by atoms with E-state index < -0.39 is 11.5 Å². The third-order valence-electron chi connectivity index (χ3n) is 4.68. The number of rotatable bonds is 3. The molecular weight excluding hydrogens is 382 g/mol. The number of carbonyl (C=O) groups is 2. The number of aryl methyl sites for hydroxylation is 2. The van der Waals surface area contributed by atoms with E-state index in [4.69, 9.17) is 12.2 Å². The van der Waals surface area contributed by atoms with Crippen LogP contribution in [0.25, 0.3) is 0 Å². The van der Waals surface area contributed by atoms with Gasteiger partial charge in [-0.3, -0.25) is 24.4 Å². The van der Waals surface area contributed by atoms with E-state index in [0.29, 0.717) is 11.4 Å². The number of aliphatic imine (C=N–C) groups is 1. The van der Waals surface area contributed by atoms with Gasteiger partial charge >= 0.3 is 0 Å². The molecule has 1 aliphatic rings. The van der Waals surface area contributed by atoms with E-state index in [1.54, 1.807) is 0 Å². The van der Waals surface area contributed by atoms with Crippen LogP contribution in [-0.4, -0.2) is 28.7 Å². The predicted octanol–water partition coefficient (Wildman–Crippen LogP) is 4.45. The summed E-state index contributed by atoms with van der Waals surface area (Å²) in [6.07, 6.45) is 1.46. The Balaban J connectivity index is 2.17. The molecule has 29 heavy (non-hydrogen) atoms. The molecule has 2 aromatic rings. The maximum atomic E-state index is 13.4. The molecule has 1 heterocycles. The van der Waals surface area contributed by atoms with Crippen LogP contribution in [-0.2, 0) is 9.59 Å². The zero-order valence-corrected chi connectivity index (χ0v) is 18.2. The molecule has 0 aromatic heterocycles. The van der Waals surface area contributed by atoms with Crippen molar-refractivity contribution in [1.82, 2.24) is 0 Å². The summed E-state index contributed by atoms with van der Waals surface area (Å²) >= 11 is 5.66. The second-order valence-corrected chi connectivity index (χ2v) is 8.49. The summed E-state index contributed by atoms with van der Waals surface area (Å²) in [5.74, 6) is -1.81. The minimum absolute atomic E-state index is 0.156. The molecule has 1 saturated heterocycles. The summed E-state index contributed by atoms with van der Waals surface area (Å²) in [6, 6.07) is 15.0. The van der Waals surface area contributed by atoms with Gasteiger partial charge in [0.15, 0.2) is 11.0 Å². The number of benzene rings is 2. The second-order valence-electron chi connectivity index (χ2n) is 8.13. The number of nitrogens with zero attached hydrogens (tertiary/aromatic N) is 3. The quantitative estimate of drug-likeness (QED) is 0.429. The molecule has 0 atom stereocenters. The molecule has 0 unspecified atom stereocenters. The molecule has 1 fully saturated rings. The van der Waals surface area contributed by atoms with Crippen molar-refractivity contribution in [3.05, 3.63) is 59.7 Å². The van der Waals surface area contributed by atoms with Gasteiger partial charge in [-0.15, -0.1) is 0 Å². The van der Waals surface area contributed by atoms with E-state index in [2.05, 4.69) is 4.99 Å². The van der Waals surface area contributed by atoms with Gasteiger partial charge in [0.05, 0.1) is 16.9 Å². The monoisotopic (exact) mass is 407 g/mol. The SMILES string of the molecule is Cc1ccccc1N1C(=O)C(C=NC(C)(C)C)C(=O)N(c2ccccc2C)C1=S. The van der Waals surface area contributed by atoms with Crippen LogP contribution in [0.3, 0.4) is 0 Å². The first-order valence-electron chi connectivity index (χ1n) is 9.50. The Hall–Kier alpha value is -2.86. The van der Waals surface area contributed by atoms with E-state index in [-0.39, 0.29) is 16.9 Å². The van der Waals surface area contributed by atoms with Crippen LogP contribution in [0.5, 0.6) is 0 Å². The van der Waals surface area contributed by atoms with Crippen LogP contribution < -0.4 is 9.80 Å². The number of amides is 2. The molecular formula is C23H25N3O2S. The number of hydrogen-bond acceptors (Lipinski definition) is 4. The highest BCUT2D eigenvalue weighted by atomic mass is 32.1. The Morgan fingerprint density at radius 1 is 0.862 bits per heavy atom. The summed E-state index contributed by atoms with van der Waals surface area (Å²) in [7, 11) is 0. The minimum atomic E-state index is -1.04. The fraction of sp³-hybridized carbons (Fsp3) is 0.304. The van der Waals surface area contributed by atoms with Crippen LogP contribution in [0.15, 0.2) is 53.5 Å². The molecule has 0 aliphatic carbocycles. The topological polar surface area (TPSA) is 53.0 Å². The molecule has 3 rings (SSSR count). The van der Waals surface area contributed by atoms with E-state index in [0.717, 1.165) is 11.1 Å². The molecule has 2 amide bonds. The third kappa shape index (κ3) is 4.12. The molecule has 0 N–H and O–H groups in total. The second kappa shape index (κ2) is 7.87. The van der Waals surface area contributed by atoms with Crippen molar-refractivity contribution in [2.45, 2.75) is 40.2 Å². The average molecular weight is 408 g/mol. The molecule has 0 bridgehead atoms. The third-order valence-corrected chi connectivity index (χ3v) is 5.04. The number of thiocarbonyl (C=S) groups is 1. The molecule has 150 valence electrons. The van der Waals surface area contributed by atoms with Crippen LogP contribution in [0, 0.1) is 19.8 Å². The molecule has 2 aromatic carbocycles. The Morgan fingerprint density at radius 3 is 1.66 bits per heavy atom. The standard InChI is InChI=1S/C23H25N3O2S/c1-15-10-6-8-12-18(15)25-20(27)17(14-24-23(3,4)5)21(28)26(22(25)29)19-13-9-7-11-16(19)2/h6-14,17H,1-5H3. The lowest BCUT2D eigenvalue weighted by molar-refractivity contribution is -0.129. The lowest BCUT2D eigenvalue weighted by atomic mass is 10.0. The Bertz CT molecular complexity index is 940. The minimum Gasteiger partial charge on any atom is -0.290 e. The first kappa shape index (κ1) is 20.9. The van der Waals surface area contributed by atoms with Crippen molar-refractivity contribution in [2.75, 3.05) is 9.80 Å². The normalized spacial score (nSPS) is 16.2. The molecule has 5 nitrogen and oxygen atoms in total. The zero-order chi connectivity index (χ0) is 21.3. The molecule has 6 heteroatoms. The first-order chi connectivity index (χ1) is 13.6. The molecule has 0 spiro atoms. The van der Waals surface area contributed by atoms with Gasteiger partial charge in [0.1, 0.15) is 0 Å². The number of carbonyl (C=O) groups excluding carboxylic acids is 2. The fourth-order valence-electron chi connectivity index (χ4n) is 3.17. The molecule has 0 saturated carbocycles. The van der Waals surface area contributed by atoms with Crippen LogP contribution >= 0.6 is 12.2 Å². The summed E-state index contributed by atoms with van der Waals surface area (Å²) in [5.41, 5.74) is 2.73. The highest BCUT2D eigenvalue weighted by Crippen LogP contribution is 2.32. The van der Waals surface area contributed by atoms with Crippen molar-refractivity contribution in [3.8, 4) is 0 Å². The Kier molecular flexibility index (Phi) is 5.66. The van der Waals surface area contributed by atoms with Crippen molar-refractivity contribution < 1.29 is 9.59 Å². The predicted molar refractivity (Wildman–Crippen MR) is 122 cm³/mol. The van der Waals surface area contributed by atoms with Gasteiger partial charge in [-0.1, -0.05) is 36.4 Å². The van der Waals surface area contributed by atoms with E-state index in [1.165, 1.54) is 16.0 Å². The van der Waals surface area contributed by atoms with Gasteiger partial charge in [-0.2, -0.15) is 0 Å². The summed E-state index contributed by atoms with van der Waals surface area (Å²) in [5, 5.41) is 0.156. The van der Waals surface area contributed by atoms with Gasteiger partial charge in [0.25, 0.3) is 11.8 Å². The Labute approximate surface area is 177 Å². The van der Waals surface area contributed by atoms with Crippen LogP contribution in [0.4, 0.5) is 11.4 Å². The van der Waals surface area contributed by atoms with Crippen LogP contribution in [0.1, 0.15) is 31.9 Å². The zero-order valence-electron chi connectivity index (χ0n) is 17.3. The van der Waals surface area contributed by atoms with E-state index in [9.17, 15) is 9.59 Å². The maximum absolute atomic E-state index is 13.4. The van der Waals surface area contributed by atoms with Gasteiger partial charge in [-0.05, 0) is 70.1 Å². The molecule has 0 radical (unpaired) electrons. The van der Waals surface area contributed by atoms with Gasteiger partial charge in [0, 0.05) is 6.21 Å². The maximum Gasteiger partial charge on any atom is 0.251 e. The van der Waals surface area contributed by atoms with Crippen molar-refractivity contribution in [3.63, 3.8) is 0 Å². The number of para-hydroxylation sites is 2. The number of anilines is 2. The summed E-state index contributed by atoms with van der Waals surface area (Å²) in [4.78, 5) is 34.1. The first-order valence-corrected chi connectivity index (χ1v) is 9.91. The summed E-state index contributed by atoms with van der Waals surface area (Å²) in [6.45, 7) is 9.59. The molecule has 1 aliphatic heterocycles. The van der Waals surface area contributed by atoms with Gasteiger partial charge < -0.3 is 0 Å². The highest BCUT2D eigenvalue weighted by molar-refractivity contribution is 7.81. The largest absolute Gasteiger partial charge is 0.290 e. The summed E-state index contributed by atoms with van der Waals surface area (Å²) < 4.78 is 0. The Morgan fingerprint density at radius 2 is 1.28 bits per heavy atom. The smallest absolute Gasteiger partial charge is 0.251 e. The van der Waals surface area contributed by atoms with E-state index in [1.807, 2.05) is 83.1 Å². The van der Waals surface area contributed by atoms with Gasteiger partial charge in [0.2, 0.25) is 0 Å². The lowest BCUT2D eigenvalue weighted by Crippen LogP contribution is -2.61. The van der Waals surface area contributed by atoms with Crippen LogP contribution in [0.2, 0.25) is 0 Å². The van der Waals surface area contributed by atoms with Crippen molar-refractivity contribution in [2.24, 2.45) is 10.9 Å². The fourth-order valence-corrected chi connectivity index (χ4v) is 3.55. The lowest BCUT2D eigenvalue weighted by Gasteiger charge is -2.39. The van der Waals surface area contributed by atoms with E-state index >= 15 is 0 Å². The average Bonchev–Trinajstić information content (AvgIpc) is 2.64. The van der Waals surface area contributed by atoms with Gasteiger partial charge in [-0.25, -0.2) is 0 Å². The van der Waals surface area contributed by atoms with Crippen molar-refractivity contribution >= 4 is 46.7 Å². The number of hydrogen-bond donors (Lipinski definition) is 0. The highest BCUT2D eigenvalue weighted by Gasteiger charge is 2.45. The van der Waals surface area contributed by atoms with Crippen molar-refractivity contribution in [1.29, 1.82) is 0 Å².